The minimum Gasteiger partial charge on any atom is -0.158 e. The lowest BCUT2D eigenvalue weighted by Crippen LogP contribution is -2.09. The van der Waals surface area contributed by atoms with Crippen LogP contribution in [-0.2, 0) is 0 Å². The Bertz CT molecular complexity index is 667. The minimum absolute atomic E-state index is 0.417. The van der Waals surface area contributed by atoms with E-state index in [1.807, 2.05) is 0 Å². The molecule has 1 aromatic carbocycles. The van der Waals surface area contributed by atoms with E-state index in [4.69, 9.17) is 0 Å². The van der Waals surface area contributed by atoms with Gasteiger partial charge in [0, 0.05) is 11.7 Å². The smallest absolute Gasteiger partial charge is 0.0149 e. The average molecular weight is 429 g/mol. The summed E-state index contributed by atoms with van der Waals surface area (Å²) in [6.07, 6.45) is 10.8. The molecule has 2 unspecified atom stereocenters. The highest BCUT2D eigenvalue weighted by Crippen LogP contribution is 2.36. The quantitative estimate of drug-likeness (QED) is 0.198. The van der Waals surface area contributed by atoms with Crippen LogP contribution in [0, 0.1) is 19.8 Å². The first-order valence-electron chi connectivity index (χ1n) is 12.4. The van der Waals surface area contributed by atoms with Crippen LogP contribution in [0.4, 0.5) is 0 Å². The Morgan fingerprint density at radius 3 is 2.30 bits per heavy atom. The van der Waals surface area contributed by atoms with Gasteiger partial charge >= 0.3 is 0 Å². The average Bonchev–Trinajstić information content (AvgIpc) is 2.69. The summed E-state index contributed by atoms with van der Waals surface area (Å²) in [6, 6.07) is 6.93. The van der Waals surface area contributed by atoms with Gasteiger partial charge in [-0.05, 0) is 62.0 Å². The van der Waals surface area contributed by atoms with E-state index in [1.165, 1.54) is 85.0 Å². The molecular weight excluding hydrogens is 380 g/mol. The lowest BCUT2D eigenvalue weighted by Gasteiger charge is -2.25. The van der Waals surface area contributed by atoms with E-state index in [1.54, 1.807) is 5.57 Å². The van der Waals surface area contributed by atoms with Crippen molar-refractivity contribution in [3.63, 3.8) is 0 Å². The molecule has 0 aromatic heterocycles. The van der Waals surface area contributed by atoms with Gasteiger partial charge in [0.15, 0.2) is 0 Å². The molecule has 0 saturated carbocycles. The summed E-state index contributed by atoms with van der Waals surface area (Å²) in [5.74, 6) is 3.63. The summed E-state index contributed by atoms with van der Waals surface area (Å²) in [4.78, 5) is 0. The third-order valence-electron chi connectivity index (χ3n) is 6.41. The molecule has 0 bridgehead atoms. The second-order valence-electron chi connectivity index (χ2n) is 9.21. The normalized spacial score (nSPS) is 14.4. The van der Waals surface area contributed by atoms with Crippen LogP contribution < -0.4 is 0 Å². The lowest BCUT2D eigenvalue weighted by atomic mass is 9.81. The molecule has 30 heavy (non-hydrogen) atoms. The Morgan fingerprint density at radius 2 is 1.73 bits per heavy atom. The van der Waals surface area contributed by atoms with Gasteiger partial charge in [0.1, 0.15) is 0 Å². The molecule has 0 spiro atoms. The first-order valence-corrected chi connectivity index (χ1v) is 13.5. The molecule has 0 nitrogen and oxygen atoms in total. The Labute approximate surface area is 193 Å². The molecule has 0 amide bonds. The van der Waals surface area contributed by atoms with Crippen molar-refractivity contribution in [3.8, 4) is 0 Å². The van der Waals surface area contributed by atoms with Crippen LogP contribution in [0.25, 0.3) is 0 Å². The number of aryl methyl sites for hydroxylation is 2. The molecule has 170 valence electrons. The highest BCUT2D eigenvalue weighted by Gasteiger charge is 2.20. The number of allylic oxidation sites excluding steroid dienone is 2. The highest BCUT2D eigenvalue weighted by atomic mass is 32.2. The molecule has 1 heteroatoms. The van der Waals surface area contributed by atoms with Crippen molar-refractivity contribution >= 4 is 11.8 Å². The van der Waals surface area contributed by atoms with Crippen LogP contribution in [0.3, 0.4) is 0 Å². The van der Waals surface area contributed by atoms with Crippen LogP contribution in [0.5, 0.6) is 0 Å². The molecule has 0 fully saturated rings. The van der Waals surface area contributed by atoms with E-state index in [0.29, 0.717) is 5.92 Å². The first-order chi connectivity index (χ1) is 14.3. The van der Waals surface area contributed by atoms with E-state index < -0.39 is 0 Å². The second-order valence-corrected chi connectivity index (χ2v) is 10.5. The lowest BCUT2D eigenvalue weighted by molar-refractivity contribution is 0.397. The summed E-state index contributed by atoms with van der Waals surface area (Å²) in [7, 11) is 0. The predicted molar refractivity (Wildman–Crippen MR) is 141 cm³/mol. The molecule has 0 N–H and O–H groups in total. The zero-order valence-electron chi connectivity index (χ0n) is 21.1. The number of hydrogen-bond donors (Lipinski definition) is 0. The van der Waals surface area contributed by atoms with E-state index >= 15 is 0 Å². The van der Waals surface area contributed by atoms with Crippen molar-refractivity contribution in [3.05, 3.63) is 58.2 Å². The summed E-state index contributed by atoms with van der Waals surface area (Å²) < 4.78 is 0. The predicted octanol–water partition coefficient (Wildman–Crippen LogP) is 9.81. The highest BCUT2D eigenvalue weighted by molar-refractivity contribution is 7.99. The SMILES string of the molecule is C=C(C)/C(=C(\CCC(CCC)CCCCC)CSCC)C(C)c1ccc(C)cc1C. The fourth-order valence-corrected chi connectivity index (χ4v) is 5.61. The fraction of sp³-hybridized carbons (Fsp3) is 0.655. The van der Waals surface area contributed by atoms with Crippen LogP contribution in [0.2, 0.25) is 0 Å². The van der Waals surface area contributed by atoms with Crippen molar-refractivity contribution in [2.24, 2.45) is 5.92 Å². The fourth-order valence-electron chi connectivity index (χ4n) is 4.86. The molecule has 0 aliphatic heterocycles. The summed E-state index contributed by atoms with van der Waals surface area (Å²) in [5, 5.41) is 0. The maximum atomic E-state index is 4.44. The van der Waals surface area contributed by atoms with E-state index in [9.17, 15) is 0 Å². The first kappa shape index (κ1) is 27.1. The molecular formula is C29H48S. The van der Waals surface area contributed by atoms with E-state index in [-0.39, 0.29) is 0 Å². The largest absolute Gasteiger partial charge is 0.158 e. The molecule has 0 aliphatic rings. The van der Waals surface area contributed by atoms with Crippen LogP contribution >= 0.6 is 11.8 Å². The van der Waals surface area contributed by atoms with Crippen molar-refractivity contribution in [2.75, 3.05) is 11.5 Å². The summed E-state index contributed by atoms with van der Waals surface area (Å²) in [5.41, 5.74) is 8.65. The van der Waals surface area contributed by atoms with Gasteiger partial charge in [-0.1, -0.05) is 108 Å². The molecule has 0 aliphatic carbocycles. The maximum absolute atomic E-state index is 4.44. The molecule has 0 radical (unpaired) electrons. The number of thioether (sulfide) groups is 1. The molecule has 0 saturated heterocycles. The number of hydrogen-bond acceptors (Lipinski definition) is 1. The molecule has 0 heterocycles. The Kier molecular flexibility index (Phi) is 13.5. The second kappa shape index (κ2) is 15.0. The van der Waals surface area contributed by atoms with Gasteiger partial charge in [-0.3, -0.25) is 0 Å². The van der Waals surface area contributed by atoms with Crippen molar-refractivity contribution in [1.29, 1.82) is 0 Å². The van der Waals surface area contributed by atoms with E-state index in [2.05, 4.69) is 85.0 Å². The Morgan fingerprint density at radius 1 is 1.00 bits per heavy atom. The van der Waals surface area contributed by atoms with Gasteiger partial charge < -0.3 is 0 Å². The minimum atomic E-state index is 0.417. The summed E-state index contributed by atoms with van der Waals surface area (Å²) in [6.45, 7) is 20.4. The zero-order chi connectivity index (χ0) is 22.5. The van der Waals surface area contributed by atoms with E-state index in [0.717, 1.165) is 11.7 Å². The topological polar surface area (TPSA) is 0 Å². The molecule has 1 rings (SSSR count). The van der Waals surface area contributed by atoms with Crippen molar-refractivity contribution in [2.45, 2.75) is 106 Å². The van der Waals surface area contributed by atoms with Gasteiger partial charge in [0.25, 0.3) is 0 Å². The summed E-state index contributed by atoms with van der Waals surface area (Å²) >= 11 is 2.07. The van der Waals surface area contributed by atoms with Crippen LogP contribution in [-0.4, -0.2) is 11.5 Å². The van der Waals surface area contributed by atoms with Crippen LogP contribution in [0.1, 0.15) is 109 Å². The number of rotatable bonds is 15. The molecule has 2 atom stereocenters. The number of unbranched alkanes of at least 4 members (excludes halogenated alkanes) is 2. The van der Waals surface area contributed by atoms with Gasteiger partial charge in [0.05, 0.1) is 0 Å². The van der Waals surface area contributed by atoms with Gasteiger partial charge in [-0.2, -0.15) is 11.8 Å². The van der Waals surface area contributed by atoms with Crippen molar-refractivity contribution < 1.29 is 0 Å². The van der Waals surface area contributed by atoms with Crippen molar-refractivity contribution in [1.82, 2.24) is 0 Å². The monoisotopic (exact) mass is 428 g/mol. The van der Waals surface area contributed by atoms with Gasteiger partial charge in [-0.15, -0.1) is 0 Å². The number of benzene rings is 1. The van der Waals surface area contributed by atoms with Gasteiger partial charge in [0.2, 0.25) is 0 Å². The third kappa shape index (κ3) is 9.04. The van der Waals surface area contributed by atoms with Crippen LogP contribution in [0.15, 0.2) is 41.5 Å². The standard InChI is InChI=1S/C29H48S/c1-9-12-13-15-26(14-10-2)17-18-27(21-30-11-3)29(22(4)5)25(8)28-19-16-23(6)20-24(28)7/h16,19-20,25-26H,4,9-15,17-18,21H2,1-3,5-8H3/b29-27-. The Hall–Kier alpha value is -0.950. The third-order valence-corrected chi connectivity index (χ3v) is 7.37. The maximum Gasteiger partial charge on any atom is 0.0149 e. The molecule has 1 aromatic rings. The Balaban J connectivity index is 3.16. The van der Waals surface area contributed by atoms with Gasteiger partial charge in [-0.25, -0.2) is 0 Å². The zero-order valence-corrected chi connectivity index (χ0v) is 21.9.